The minimum Gasteiger partial charge on any atom is -0.337 e. The van der Waals surface area contributed by atoms with Gasteiger partial charge < -0.3 is 5.32 Å². The molecule has 0 aliphatic carbocycles. The van der Waals surface area contributed by atoms with Crippen LogP contribution in [0.2, 0.25) is 0 Å². The summed E-state index contributed by atoms with van der Waals surface area (Å²) in [6, 6.07) is 15.9. The van der Waals surface area contributed by atoms with Gasteiger partial charge in [-0.25, -0.2) is 0 Å². The highest BCUT2D eigenvalue weighted by Crippen LogP contribution is 2.25. The Morgan fingerprint density at radius 2 is 1.91 bits per heavy atom. The van der Waals surface area contributed by atoms with Crippen molar-refractivity contribution in [2.45, 2.75) is 0 Å². The molecule has 0 spiro atoms. The number of hydrogen-bond donors (Lipinski definition) is 2. The highest BCUT2D eigenvalue weighted by molar-refractivity contribution is 5.91. The first-order valence-corrected chi connectivity index (χ1v) is 6.90. The molecule has 0 unspecified atom stereocenters. The number of nitrogens with one attached hydrogen (secondary N) is 2. The molecule has 0 amide bonds. The molecule has 0 aliphatic heterocycles. The van der Waals surface area contributed by atoms with Crippen molar-refractivity contribution in [3.8, 4) is 12.3 Å². The first-order chi connectivity index (χ1) is 10.8. The summed E-state index contributed by atoms with van der Waals surface area (Å²) in [6.07, 6.45) is 7.19. The number of anilines is 2. The number of aromatic amines is 1. The fraction of sp³-hybridized carbons (Fsp3) is 0. The van der Waals surface area contributed by atoms with Gasteiger partial charge in [0, 0.05) is 17.4 Å². The Balaban J connectivity index is 1.74. The highest BCUT2D eigenvalue weighted by Gasteiger charge is 2.06. The number of pyridine rings is 1. The number of H-pyrrole nitrogens is 1. The van der Waals surface area contributed by atoms with Gasteiger partial charge >= 0.3 is 0 Å². The van der Waals surface area contributed by atoms with E-state index in [1.807, 2.05) is 42.5 Å². The van der Waals surface area contributed by atoms with E-state index in [4.69, 9.17) is 6.42 Å². The minimum absolute atomic E-state index is 0.718. The van der Waals surface area contributed by atoms with E-state index in [-0.39, 0.29) is 0 Å². The number of fused-ring (bicyclic) bond motifs is 2. The van der Waals surface area contributed by atoms with Crippen molar-refractivity contribution in [1.82, 2.24) is 15.2 Å². The Labute approximate surface area is 127 Å². The number of hydrogen-bond acceptors (Lipinski definition) is 3. The van der Waals surface area contributed by atoms with E-state index < -0.39 is 0 Å². The third kappa shape index (κ3) is 2.05. The fourth-order valence-corrected chi connectivity index (χ4v) is 2.49. The van der Waals surface area contributed by atoms with Crippen LogP contribution in [-0.2, 0) is 0 Å². The van der Waals surface area contributed by atoms with Crippen LogP contribution in [0.15, 0.2) is 54.7 Å². The van der Waals surface area contributed by atoms with Crippen LogP contribution in [0.3, 0.4) is 0 Å². The Morgan fingerprint density at radius 1 is 1.05 bits per heavy atom. The molecule has 4 aromatic rings. The summed E-state index contributed by atoms with van der Waals surface area (Å²) in [6.45, 7) is 0. The van der Waals surface area contributed by atoms with Gasteiger partial charge in [0.1, 0.15) is 5.52 Å². The lowest BCUT2D eigenvalue weighted by atomic mass is 10.1. The van der Waals surface area contributed by atoms with Gasteiger partial charge in [0.25, 0.3) is 0 Å². The van der Waals surface area contributed by atoms with Crippen LogP contribution in [0.1, 0.15) is 5.56 Å². The van der Waals surface area contributed by atoms with Crippen molar-refractivity contribution < 1.29 is 0 Å². The summed E-state index contributed by atoms with van der Waals surface area (Å²) in [5, 5.41) is 12.8. The number of benzene rings is 2. The number of rotatable bonds is 2. The van der Waals surface area contributed by atoms with E-state index in [9.17, 15) is 0 Å². The van der Waals surface area contributed by atoms with Gasteiger partial charge in [0.15, 0.2) is 5.82 Å². The van der Waals surface area contributed by atoms with Crippen LogP contribution < -0.4 is 5.32 Å². The van der Waals surface area contributed by atoms with Gasteiger partial charge in [0.2, 0.25) is 0 Å². The molecule has 0 saturated heterocycles. The normalized spacial score (nSPS) is 10.7. The molecule has 0 radical (unpaired) electrons. The van der Waals surface area contributed by atoms with Crippen molar-refractivity contribution >= 4 is 33.3 Å². The van der Waals surface area contributed by atoms with Crippen LogP contribution in [0.5, 0.6) is 0 Å². The van der Waals surface area contributed by atoms with Crippen molar-refractivity contribution in [1.29, 1.82) is 0 Å². The molecule has 2 N–H and O–H groups in total. The largest absolute Gasteiger partial charge is 0.337 e. The van der Waals surface area contributed by atoms with Gasteiger partial charge in [-0.15, -0.1) is 6.42 Å². The van der Waals surface area contributed by atoms with Gasteiger partial charge in [-0.05, 0) is 47.2 Å². The maximum atomic E-state index is 5.43. The Hall–Kier alpha value is -3.32. The summed E-state index contributed by atoms with van der Waals surface area (Å²) in [5.74, 6) is 3.37. The predicted molar refractivity (Wildman–Crippen MR) is 89.1 cm³/mol. The van der Waals surface area contributed by atoms with Crippen molar-refractivity contribution in [2.75, 3.05) is 5.32 Å². The van der Waals surface area contributed by atoms with E-state index in [1.165, 1.54) is 0 Å². The monoisotopic (exact) mass is 284 g/mol. The molecule has 4 nitrogen and oxygen atoms in total. The maximum absolute atomic E-state index is 5.43. The molecular formula is C18H12N4. The summed E-state index contributed by atoms with van der Waals surface area (Å²) in [7, 11) is 0. The second-order valence-corrected chi connectivity index (χ2v) is 5.02. The molecule has 2 aromatic carbocycles. The average molecular weight is 284 g/mol. The summed E-state index contributed by atoms with van der Waals surface area (Å²) in [5.41, 5.74) is 3.57. The van der Waals surface area contributed by atoms with E-state index in [0.717, 1.165) is 38.9 Å². The van der Waals surface area contributed by atoms with Gasteiger partial charge in [-0.1, -0.05) is 18.1 Å². The molecule has 0 aliphatic rings. The van der Waals surface area contributed by atoms with Crippen LogP contribution in [0, 0.1) is 12.3 Å². The molecule has 2 heterocycles. The Morgan fingerprint density at radius 3 is 2.82 bits per heavy atom. The Kier molecular flexibility index (Phi) is 2.77. The number of terminal acetylenes is 1. The topological polar surface area (TPSA) is 53.6 Å². The molecule has 0 saturated carbocycles. The molecule has 2 aromatic heterocycles. The Bertz CT molecular complexity index is 1020. The lowest BCUT2D eigenvalue weighted by molar-refractivity contribution is 1.12. The van der Waals surface area contributed by atoms with Crippen LogP contribution in [-0.4, -0.2) is 15.2 Å². The smallest absolute Gasteiger partial charge is 0.178 e. The SMILES string of the molecule is C#Cc1ccc2cc(Nc3n[nH]c4cccnc34)ccc2c1. The van der Waals surface area contributed by atoms with Crippen LogP contribution >= 0.6 is 0 Å². The first-order valence-electron chi connectivity index (χ1n) is 6.90. The molecule has 22 heavy (non-hydrogen) atoms. The molecule has 4 heteroatoms. The van der Waals surface area contributed by atoms with Crippen molar-refractivity contribution in [3.05, 3.63) is 60.3 Å². The minimum atomic E-state index is 0.718. The van der Waals surface area contributed by atoms with E-state index in [2.05, 4.69) is 32.5 Å². The lowest BCUT2D eigenvalue weighted by Crippen LogP contribution is -1.92. The van der Waals surface area contributed by atoms with Gasteiger partial charge in [-0.2, -0.15) is 5.10 Å². The third-order valence-electron chi connectivity index (χ3n) is 3.59. The van der Waals surface area contributed by atoms with Gasteiger partial charge in [-0.3, -0.25) is 10.1 Å². The number of aromatic nitrogens is 3. The summed E-state index contributed by atoms with van der Waals surface area (Å²) < 4.78 is 0. The molecule has 104 valence electrons. The molecular weight excluding hydrogens is 272 g/mol. The zero-order valence-corrected chi connectivity index (χ0v) is 11.7. The fourth-order valence-electron chi connectivity index (χ4n) is 2.49. The predicted octanol–water partition coefficient (Wildman–Crippen LogP) is 3.84. The second kappa shape index (κ2) is 4.90. The zero-order chi connectivity index (χ0) is 14.9. The molecule has 0 atom stereocenters. The molecule has 0 fully saturated rings. The van der Waals surface area contributed by atoms with E-state index in [1.54, 1.807) is 6.20 Å². The molecule has 4 rings (SSSR count). The quantitative estimate of drug-likeness (QED) is 0.550. The maximum Gasteiger partial charge on any atom is 0.178 e. The summed E-state index contributed by atoms with van der Waals surface area (Å²) in [4.78, 5) is 4.34. The highest BCUT2D eigenvalue weighted by atomic mass is 15.2. The molecule has 0 bridgehead atoms. The average Bonchev–Trinajstić information content (AvgIpc) is 2.97. The van der Waals surface area contributed by atoms with Crippen LogP contribution in [0.25, 0.3) is 21.8 Å². The summed E-state index contributed by atoms with van der Waals surface area (Å²) >= 11 is 0. The van der Waals surface area contributed by atoms with Crippen molar-refractivity contribution in [2.24, 2.45) is 0 Å². The van der Waals surface area contributed by atoms with Crippen LogP contribution in [0.4, 0.5) is 11.5 Å². The lowest BCUT2D eigenvalue weighted by Gasteiger charge is -2.05. The van der Waals surface area contributed by atoms with Gasteiger partial charge in [0.05, 0.1) is 5.52 Å². The first kappa shape index (κ1) is 12.4. The number of nitrogens with zero attached hydrogens (tertiary/aromatic N) is 2. The van der Waals surface area contributed by atoms with E-state index in [0.29, 0.717) is 0 Å². The second-order valence-electron chi connectivity index (χ2n) is 5.02. The standard InChI is InChI=1S/C18H12N4/c1-2-12-5-6-14-11-15(8-7-13(14)10-12)20-18-17-16(21-22-18)4-3-9-19-17/h1,3-11H,(H2,20,21,22). The van der Waals surface area contributed by atoms with E-state index >= 15 is 0 Å². The van der Waals surface area contributed by atoms with Crippen molar-refractivity contribution in [3.63, 3.8) is 0 Å². The third-order valence-corrected chi connectivity index (χ3v) is 3.59. The zero-order valence-electron chi connectivity index (χ0n) is 11.7.